The molecule has 5 nitrogen and oxygen atoms in total. The minimum atomic E-state index is -0.583. The molecule has 0 aliphatic heterocycles. The Morgan fingerprint density at radius 1 is 1.26 bits per heavy atom. The molecular weight excluding hydrogens is 242 g/mol. The molecule has 1 N–H and O–H groups in total. The minimum absolute atomic E-state index is 0.359. The van der Waals surface area contributed by atoms with Crippen molar-refractivity contribution in [2.75, 3.05) is 12.4 Å². The first-order valence-corrected chi connectivity index (χ1v) is 5.88. The molecule has 19 heavy (non-hydrogen) atoms. The lowest BCUT2D eigenvalue weighted by atomic mass is 10.1. The fraction of sp³-hybridized carbons (Fsp3) is 0.214. The van der Waals surface area contributed by atoms with Crippen LogP contribution in [0.1, 0.15) is 17.3 Å². The van der Waals surface area contributed by atoms with Crippen LogP contribution in [-0.2, 0) is 9.53 Å². The number of aryl methyl sites for hydroxylation is 1. The van der Waals surface area contributed by atoms with Crippen molar-refractivity contribution >= 4 is 11.8 Å². The molecule has 0 amide bonds. The van der Waals surface area contributed by atoms with Gasteiger partial charge in [0.15, 0.2) is 6.04 Å². The molecule has 0 aliphatic carbocycles. The van der Waals surface area contributed by atoms with Crippen LogP contribution in [0.3, 0.4) is 0 Å². The molecule has 98 valence electrons. The topological polar surface area (TPSA) is 64.1 Å². The maximum absolute atomic E-state index is 11.9. The van der Waals surface area contributed by atoms with Crippen molar-refractivity contribution in [1.82, 2.24) is 9.97 Å². The lowest BCUT2D eigenvalue weighted by Gasteiger charge is -2.17. The number of ether oxygens (including phenoxy) is 1. The van der Waals surface area contributed by atoms with Gasteiger partial charge in [-0.15, -0.1) is 0 Å². The molecule has 1 aromatic carbocycles. The van der Waals surface area contributed by atoms with Gasteiger partial charge >= 0.3 is 5.97 Å². The summed E-state index contributed by atoms with van der Waals surface area (Å²) in [5.74, 6) is 0.231. The summed E-state index contributed by atoms with van der Waals surface area (Å²) in [7, 11) is 1.37. The van der Waals surface area contributed by atoms with Crippen molar-refractivity contribution in [2.24, 2.45) is 0 Å². The molecule has 1 unspecified atom stereocenters. The van der Waals surface area contributed by atoms with E-state index in [0.717, 1.165) is 11.3 Å². The number of rotatable bonds is 4. The van der Waals surface area contributed by atoms with Crippen molar-refractivity contribution in [3.05, 3.63) is 54.0 Å². The molecule has 2 rings (SSSR count). The largest absolute Gasteiger partial charge is 0.467 e. The molecule has 0 saturated heterocycles. The van der Waals surface area contributed by atoms with E-state index < -0.39 is 6.04 Å². The average Bonchev–Trinajstić information content (AvgIpc) is 2.45. The summed E-state index contributed by atoms with van der Waals surface area (Å²) in [6, 6.07) is 10.6. The first-order valence-electron chi connectivity index (χ1n) is 5.88. The van der Waals surface area contributed by atoms with Crippen LogP contribution in [0.4, 0.5) is 5.82 Å². The summed E-state index contributed by atoms with van der Waals surface area (Å²) in [6.45, 7) is 1.86. The standard InChI is InChI=1S/C14H15N3O2/c1-10-8-12(16-9-15-10)17-13(14(18)19-2)11-6-4-3-5-7-11/h3-9,13H,1-2H3,(H,15,16,17). The molecule has 0 fully saturated rings. The number of hydrogen-bond donors (Lipinski definition) is 1. The van der Waals surface area contributed by atoms with Crippen LogP contribution in [-0.4, -0.2) is 23.0 Å². The molecule has 0 bridgehead atoms. The Balaban J connectivity index is 2.27. The third kappa shape index (κ3) is 3.28. The van der Waals surface area contributed by atoms with E-state index in [1.54, 1.807) is 6.07 Å². The Labute approximate surface area is 111 Å². The fourth-order valence-electron chi connectivity index (χ4n) is 1.72. The summed E-state index contributed by atoms with van der Waals surface area (Å²) in [5, 5.41) is 3.06. The number of carbonyl (C=O) groups is 1. The van der Waals surface area contributed by atoms with Gasteiger partial charge in [-0.25, -0.2) is 14.8 Å². The normalized spacial score (nSPS) is 11.7. The summed E-state index contributed by atoms with van der Waals surface area (Å²) in [4.78, 5) is 20.0. The van der Waals surface area contributed by atoms with Crippen LogP contribution < -0.4 is 5.32 Å². The highest BCUT2D eigenvalue weighted by atomic mass is 16.5. The minimum Gasteiger partial charge on any atom is -0.467 e. The SMILES string of the molecule is COC(=O)C(Nc1cc(C)ncn1)c1ccccc1. The smallest absolute Gasteiger partial charge is 0.333 e. The van der Waals surface area contributed by atoms with Crippen molar-refractivity contribution in [3.8, 4) is 0 Å². The van der Waals surface area contributed by atoms with Gasteiger partial charge < -0.3 is 10.1 Å². The average molecular weight is 257 g/mol. The predicted octanol–water partition coefficient (Wildman–Crippen LogP) is 2.11. The third-order valence-electron chi connectivity index (χ3n) is 2.67. The number of anilines is 1. The molecule has 0 saturated carbocycles. The third-order valence-corrected chi connectivity index (χ3v) is 2.67. The molecule has 1 atom stereocenters. The highest BCUT2D eigenvalue weighted by Gasteiger charge is 2.21. The zero-order valence-electron chi connectivity index (χ0n) is 10.8. The second kappa shape index (κ2) is 5.95. The number of benzene rings is 1. The summed E-state index contributed by atoms with van der Waals surface area (Å²) in [5.41, 5.74) is 1.65. The fourth-order valence-corrected chi connectivity index (χ4v) is 1.72. The first kappa shape index (κ1) is 13.0. The lowest BCUT2D eigenvalue weighted by molar-refractivity contribution is -0.141. The van der Waals surface area contributed by atoms with Crippen molar-refractivity contribution < 1.29 is 9.53 Å². The Kier molecular flexibility index (Phi) is 4.07. The van der Waals surface area contributed by atoms with E-state index in [9.17, 15) is 4.79 Å². The number of aromatic nitrogens is 2. The van der Waals surface area contributed by atoms with Gasteiger partial charge in [0, 0.05) is 11.8 Å². The summed E-state index contributed by atoms with van der Waals surface area (Å²) < 4.78 is 4.82. The highest BCUT2D eigenvalue weighted by Crippen LogP contribution is 2.19. The zero-order valence-corrected chi connectivity index (χ0v) is 10.8. The molecule has 0 aliphatic rings. The molecule has 0 spiro atoms. The monoisotopic (exact) mass is 257 g/mol. The molecule has 1 aromatic heterocycles. The van der Waals surface area contributed by atoms with Gasteiger partial charge in [0.05, 0.1) is 7.11 Å². The van der Waals surface area contributed by atoms with Crippen LogP contribution in [0.15, 0.2) is 42.7 Å². The van der Waals surface area contributed by atoms with E-state index in [1.165, 1.54) is 13.4 Å². The van der Waals surface area contributed by atoms with Crippen LogP contribution in [0, 0.1) is 6.92 Å². The Bertz CT molecular complexity index is 558. The number of nitrogens with zero attached hydrogens (tertiary/aromatic N) is 2. The molecule has 5 heteroatoms. The number of carbonyl (C=O) groups excluding carboxylic acids is 1. The van der Waals surface area contributed by atoms with E-state index in [-0.39, 0.29) is 5.97 Å². The van der Waals surface area contributed by atoms with Crippen LogP contribution >= 0.6 is 0 Å². The van der Waals surface area contributed by atoms with Crippen LogP contribution in [0.25, 0.3) is 0 Å². The number of nitrogens with one attached hydrogen (secondary N) is 1. The molecule has 2 aromatic rings. The van der Waals surface area contributed by atoms with E-state index >= 15 is 0 Å². The summed E-state index contributed by atoms with van der Waals surface area (Å²) in [6.07, 6.45) is 1.46. The van der Waals surface area contributed by atoms with E-state index in [0.29, 0.717) is 5.82 Å². The van der Waals surface area contributed by atoms with Crippen LogP contribution in [0.5, 0.6) is 0 Å². The quantitative estimate of drug-likeness (QED) is 0.850. The van der Waals surface area contributed by atoms with E-state index in [2.05, 4.69) is 15.3 Å². The Morgan fingerprint density at radius 2 is 2.00 bits per heavy atom. The Hall–Kier alpha value is -2.43. The maximum Gasteiger partial charge on any atom is 0.333 e. The van der Waals surface area contributed by atoms with Gasteiger partial charge in [0.1, 0.15) is 12.1 Å². The zero-order chi connectivity index (χ0) is 13.7. The second-order valence-electron chi connectivity index (χ2n) is 4.06. The molecule has 1 heterocycles. The molecular formula is C14H15N3O2. The van der Waals surface area contributed by atoms with Gasteiger partial charge in [0.25, 0.3) is 0 Å². The Morgan fingerprint density at radius 3 is 2.63 bits per heavy atom. The number of esters is 1. The van der Waals surface area contributed by atoms with Gasteiger partial charge in [0.2, 0.25) is 0 Å². The number of hydrogen-bond acceptors (Lipinski definition) is 5. The number of methoxy groups -OCH3 is 1. The predicted molar refractivity (Wildman–Crippen MR) is 71.6 cm³/mol. The van der Waals surface area contributed by atoms with Crippen molar-refractivity contribution in [3.63, 3.8) is 0 Å². The van der Waals surface area contributed by atoms with Gasteiger partial charge in [-0.3, -0.25) is 0 Å². The molecule has 0 radical (unpaired) electrons. The van der Waals surface area contributed by atoms with Gasteiger partial charge in [-0.1, -0.05) is 30.3 Å². The first-order chi connectivity index (χ1) is 9.20. The van der Waals surface area contributed by atoms with Crippen molar-refractivity contribution in [2.45, 2.75) is 13.0 Å². The van der Waals surface area contributed by atoms with Gasteiger partial charge in [-0.2, -0.15) is 0 Å². The summed E-state index contributed by atoms with van der Waals surface area (Å²) >= 11 is 0. The highest BCUT2D eigenvalue weighted by molar-refractivity contribution is 5.80. The second-order valence-corrected chi connectivity index (χ2v) is 4.06. The maximum atomic E-state index is 11.9. The van der Waals surface area contributed by atoms with Gasteiger partial charge in [-0.05, 0) is 12.5 Å². The van der Waals surface area contributed by atoms with Crippen LogP contribution in [0.2, 0.25) is 0 Å². The van der Waals surface area contributed by atoms with E-state index in [1.807, 2.05) is 37.3 Å². The van der Waals surface area contributed by atoms with Crippen molar-refractivity contribution in [1.29, 1.82) is 0 Å². The van der Waals surface area contributed by atoms with E-state index in [4.69, 9.17) is 4.74 Å². The lowest BCUT2D eigenvalue weighted by Crippen LogP contribution is -2.22.